The zero-order valence-corrected chi connectivity index (χ0v) is 11.6. The van der Waals surface area contributed by atoms with Crippen molar-refractivity contribution in [2.45, 2.75) is 25.6 Å². The van der Waals surface area contributed by atoms with Gasteiger partial charge in [0.1, 0.15) is 6.10 Å². The van der Waals surface area contributed by atoms with Crippen molar-refractivity contribution in [3.63, 3.8) is 0 Å². The molecule has 0 aliphatic carbocycles. The fourth-order valence-corrected chi connectivity index (χ4v) is 1.94. The first-order valence-corrected chi connectivity index (χ1v) is 6.36. The number of amides is 1. The largest absolute Gasteiger partial charge is 0.398 e. The normalized spacial score (nSPS) is 14.0. The van der Waals surface area contributed by atoms with Gasteiger partial charge in [0.05, 0.1) is 6.10 Å². The third-order valence-electron chi connectivity index (χ3n) is 2.55. The number of carbonyl (C=O) groups excluding carboxylic acids is 1. The van der Waals surface area contributed by atoms with Gasteiger partial charge in [-0.2, -0.15) is 0 Å². The highest BCUT2D eigenvalue weighted by Crippen LogP contribution is 2.27. The molecule has 1 aromatic carbocycles. The molecule has 0 bridgehead atoms. The molecule has 100 valence electrons. The molecule has 0 saturated heterocycles. The van der Waals surface area contributed by atoms with Crippen molar-refractivity contribution < 1.29 is 15.0 Å². The van der Waals surface area contributed by atoms with Crippen molar-refractivity contribution in [3.05, 3.63) is 28.2 Å². The van der Waals surface area contributed by atoms with Crippen molar-refractivity contribution in [1.29, 1.82) is 0 Å². The van der Waals surface area contributed by atoms with Crippen molar-refractivity contribution in [2.75, 3.05) is 12.3 Å². The van der Waals surface area contributed by atoms with Crippen molar-refractivity contribution in [3.8, 4) is 0 Å². The number of benzene rings is 1. The Balaban J connectivity index is 2.64. The van der Waals surface area contributed by atoms with E-state index in [0.717, 1.165) is 4.47 Å². The topological polar surface area (TPSA) is 95.6 Å². The molecule has 0 aliphatic heterocycles. The summed E-state index contributed by atoms with van der Waals surface area (Å²) in [5.41, 5.74) is 6.64. The van der Waals surface area contributed by atoms with Crippen molar-refractivity contribution in [1.82, 2.24) is 5.32 Å². The number of halogens is 1. The number of aliphatic hydroxyl groups excluding tert-OH is 2. The van der Waals surface area contributed by atoms with Gasteiger partial charge in [-0.25, -0.2) is 0 Å². The Kier molecular flexibility index (Phi) is 5.58. The Bertz CT molecular complexity index is 426. The van der Waals surface area contributed by atoms with E-state index in [2.05, 4.69) is 21.2 Å². The van der Waals surface area contributed by atoms with E-state index in [1.165, 1.54) is 6.92 Å². The van der Waals surface area contributed by atoms with E-state index in [0.29, 0.717) is 17.8 Å². The minimum absolute atomic E-state index is 0.168. The quantitative estimate of drug-likeness (QED) is 0.608. The van der Waals surface area contributed by atoms with Crippen molar-refractivity contribution in [2.24, 2.45) is 0 Å². The van der Waals surface area contributed by atoms with E-state index < -0.39 is 12.2 Å². The molecule has 1 rings (SSSR count). The summed E-state index contributed by atoms with van der Waals surface area (Å²) in [6.07, 6.45) is -1.79. The summed E-state index contributed by atoms with van der Waals surface area (Å²) in [6, 6.07) is 5.08. The van der Waals surface area contributed by atoms with Crippen LogP contribution in [0.3, 0.4) is 0 Å². The Labute approximate surface area is 114 Å². The third-order valence-corrected chi connectivity index (χ3v) is 3.04. The number of hydrogen-bond donors (Lipinski definition) is 4. The van der Waals surface area contributed by atoms with E-state index in [1.54, 1.807) is 18.2 Å². The molecule has 0 heterocycles. The Morgan fingerprint density at radius 2 is 2.17 bits per heavy atom. The predicted molar refractivity (Wildman–Crippen MR) is 72.8 cm³/mol. The van der Waals surface area contributed by atoms with Crippen LogP contribution >= 0.6 is 15.9 Å². The lowest BCUT2D eigenvalue weighted by atomic mass is 10.0. The van der Waals surface area contributed by atoms with E-state index in [9.17, 15) is 15.0 Å². The van der Waals surface area contributed by atoms with Crippen LogP contribution in [0.25, 0.3) is 0 Å². The van der Waals surface area contributed by atoms with Gasteiger partial charge >= 0.3 is 0 Å². The summed E-state index contributed by atoms with van der Waals surface area (Å²) in [7, 11) is 0. The Morgan fingerprint density at radius 1 is 1.50 bits per heavy atom. The maximum Gasteiger partial charge on any atom is 0.216 e. The zero-order chi connectivity index (χ0) is 13.7. The summed E-state index contributed by atoms with van der Waals surface area (Å²) < 4.78 is 0.778. The number of aliphatic hydroxyl groups is 2. The van der Waals surface area contributed by atoms with Crippen LogP contribution in [0.15, 0.2) is 22.7 Å². The molecule has 0 aliphatic rings. The van der Waals surface area contributed by atoms with Gasteiger partial charge in [0.2, 0.25) is 5.91 Å². The minimum Gasteiger partial charge on any atom is -0.398 e. The predicted octanol–water partition coefficient (Wildman–Crippen LogP) is 0.952. The number of nitrogen functional groups attached to an aromatic ring is 1. The molecule has 2 atom stereocenters. The number of nitrogens with two attached hydrogens (primary N) is 1. The van der Waals surface area contributed by atoms with Crippen LogP contribution in [-0.2, 0) is 4.79 Å². The van der Waals surface area contributed by atoms with Crippen LogP contribution in [-0.4, -0.2) is 28.8 Å². The zero-order valence-electron chi connectivity index (χ0n) is 10.1. The number of anilines is 1. The summed E-state index contributed by atoms with van der Waals surface area (Å²) in [4.78, 5) is 10.7. The molecule has 0 saturated carbocycles. The first kappa shape index (κ1) is 14.9. The number of nitrogens with one attached hydrogen (secondary N) is 1. The average molecular weight is 317 g/mol. The lowest BCUT2D eigenvalue weighted by molar-refractivity contribution is -0.119. The molecule has 0 radical (unpaired) electrons. The number of hydrogen-bond acceptors (Lipinski definition) is 4. The molecule has 0 spiro atoms. The standard InChI is InChI=1S/C12H17BrN2O3/c1-7(16)15-5-4-11(17)12(18)9-6-8(13)2-3-10(9)14/h2-3,6,11-12,17-18H,4-5,14H2,1H3,(H,15,16). The van der Waals surface area contributed by atoms with Gasteiger partial charge < -0.3 is 21.3 Å². The summed E-state index contributed by atoms with van der Waals surface area (Å²) in [5, 5.41) is 22.4. The first-order chi connectivity index (χ1) is 8.41. The van der Waals surface area contributed by atoms with E-state index in [4.69, 9.17) is 5.73 Å². The van der Waals surface area contributed by atoms with Crippen LogP contribution in [0.5, 0.6) is 0 Å². The van der Waals surface area contributed by atoms with Crippen LogP contribution in [0.1, 0.15) is 25.0 Å². The lowest BCUT2D eigenvalue weighted by Gasteiger charge is -2.20. The van der Waals surface area contributed by atoms with Gasteiger partial charge in [-0.05, 0) is 24.6 Å². The summed E-state index contributed by atoms with van der Waals surface area (Å²) in [5.74, 6) is -0.168. The fraction of sp³-hybridized carbons (Fsp3) is 0.417. The molecule has 18 heavy (non-hydrogen) atoms. The second-order valence-electron chi connectivity index (χ2n) is 4.06. The minimum atomic E-state index is -1.07. The maximum absolute atomic E-state index is 10.7. The Hall–Kier alpha value is -1.11. The Morgan fingerprint density at radius 3 is 2.78 bits per heavy atom. The van der Waals surface area contributed by atoms with Gasteiger partial charge in [0.25, 0.3) is 0 Å². The maximum atomic E-state index is 10.7. The van der Waals surface area contributed by atoms with E-state index in [1.807, 2.05) is 0 Å². The third kappa shape index (κ3) is 4.29. The number of rotatable bonds is 5. The highest BCUT2D eigenvalue weighted by Gasteiger charge is 2.20. The molecule has 0 fully saturated rings. The average Bonchev–Trinajstić information content (AvgIpc) is 2.30. The fourth-order valence-electron chi connectivity index (χ4n) is 1.56. The highest BCUT2D eigenvalue weighted by molar-refractivity contribution is 9.10. The molecule has 1 amide bonds. The molecule has 5 N–H and O–H groups in total. The van der Waals surface area contributed by atoms with Gasteiger partial charge in [0.15, 0.2) is 0 Å². The van der Waals surface area contributed by atoms with Gasteiger partial charge in [-0.15, -0.1) is 0 Å². The molecule has 5 nitrogen and oxygen atoms in total. The molecule has 2 unspecified atom stereocenters. The molecule has 6 heteroatoms. The van der Waals surface area contributed by atoms with Crippen LogP contribution in [0.4, 0.5) is 5.69 Å². The number of carbonyl (C=O) groups is 1. The monoisotopic (exact) mass is 316 g/mol. The second kappa shape index (κ2) is 6.72. The molecular formula is C12H17BrN2O3. The molecule has 1 aromatic rings. The summed E-state index contributed by atoms with van der Waals surface area (Å²) in [6.45, 7) is 1.70. The van der Waals surface area contributed by atoms with Crippen LogP contribution in [0.2, 0.25) is 0 Å². The smallest absolute Gasteiger partial charge is 0.216 e. The van der Waals surface area contributed by atoms with Crippen LogP contribution < -0.4 is 11.1 Å². The van der Waals surface area contributed by atoms with E-state index in [-0.39, 0.29) is 12.3 Å². The van der Waals surface area contributed by atoms with Crippen LogP contribution in [0, 0.1) is 0 Å². The molecule has 0 aromatic heterocycles. The van der Waals surface area contributed by atoms with Gasteiger partial charge in [-0.1, -0.05) is 15.9 Å². The van der Waals surface area contributed by atoms with Gasteiger partial charge in [0, 0.05) is 29.2 Å². The first-order valence-electron chi connectivity index (χ1n) is 5.57. The second-order valence-corrected chi connectivity index (χ2v) is 4.97. The van der Waals surface area contributed by atoms with E-state index >= 15 is 0 Å². The highest BCUT2D eigenvalue weighted by atomic mass is 79.9. The SMILES string of the molecule is CC(=O)NCCC(O)C(O)c1cc(Br)ccc1N. The summed E-state index contributed by atoms with van der Waals surface area (Å²) >= 11 is 3.28. The molecular weight excluding hydrogens is 300 g/mol. The lowest BCUT2D eigenvalue weighted by Crippen LogP contribution is -2.28. The van der Waals surface area contributed by atoms with Gasteiger partial charge in [-0.3, -0.25) is 4.79 Å². The van der Waals surface area contributed by atoms with Crippen molar-refractivity contribution >= 4 is 27.5 Å².